The van der Waals surface area contributed by atoms with E-state index in [4.69, 9.17) is 0 Å². The summed E-state index contributed by atoms with van der Waals surface area (Å²) in [5.74, 6) is 1.46. The lowest BCUT2D eigenvalue weighted by Crippen LogP contribution is -2.23. The summed E-state index contributed by atoms with van der Waals surface area (Å²) in [4.78, 5) is 16.8. The summed E-state index contributed by atoms with van der Waals surface area (Å²) in [7, 11) is 0. The Labute approximate surface area is 122 Å². The van der Waals surface area contributed by atoms with Gasteiger partial charge in [0.2, 0.25) is 5.91 Å². The van der Waals surface area contributed by atoms with Crippen LogP contribution in [0.3, 0.4) is 0 Å². The molecule has 0 aliphatic heterocycles. The van der Waals surface area contributed by atoms with E-state index in [9.17, 15) is 4.79 Å². The SMILES string of the molecule is Cc1ccc(SCCC(=O)NCc2ncn[nH]2)cc1C. The molecule has 1 amide bonds. The van der Waals surface area contributed by atoms with E-state index in [1.54, 1.807) is 11.8 Å². The smallest absolute Gasteiger partial charge is 0.221 e. The molecule has 106 valence electrons. The molecule has 0 spiro atoms. The van der Waals surface area contributed by atoms with E-state index < -0.39 is 0 Å². The first-order valence-corrected chi connectivity index (χ1v) is 7.44. The molecule has 20 heavy (non-hydrogen) atoms. The van der Waals surface area contributed by atoms with Crippen LogP contribution >= 0.6 is 11.8 Å². The molecule has 0 saturated carbocycles. The van der Waals surface area contributed by atoms with Gasteiger partial charge in [-0.3, -0.25) is 9.89 Å². The van der Waals surface area contributed by atoms with Crippen LogP contribution in [-0.4, -0.2) is 26.8 Å². The Hall–Kier alpha value is -1.82. The molecule has 2 N–H and O–H groups in total. The zero-order valence-corrected chi connectivity index (χ0v) is 12.5. The van der Waals surface area contributed by atoms with Gasteiger partial charge in [0.05, 0.1) is 6.54 Å². The maximum absolute atomic E-state index is 11.7. The van der Waals surface area contributed by atoms with Crippen LogP contribution in [0, 0.1) is 13.8 Å². The highest BCUT2D eigenvalue weighted by molar-refractivity contribution is 7.99. The summed E-state index contributed by atoms with van der Waals surface area (Å²) in [6.45, 7) is 4.59. The van der Waals surface area contributed by atoms with Gasteiger partial charge in [0, 0.05) is 17.1 Å². The number of hydrogen-bond donors (Lipinski definition) is 2. The molecule has 0 aliphatic carbocycles. The fraction of sp³-hybridized carbons (Fsp3) is 0.357. The lowest BCUT2D eigenvalue weighted by Gasteiger charge is -2.05. The Morgan fingerprint density at radius 2 is 2.20 bits per heavy atom. The molecule has 0 atom stereocenters. The van der Waals surface area contributed by atoms with Gasteiger partial charge >= 0.3 is 0 Å². The minimum atomic E-state index is 0.0257. The number of rotatable bonds is 6. The molecule has 1 aromatic carbocycles. The Balaban J connectivity index is 1.69. The number of aromatic amines is 1. The molecular formula is C14H18N4OS. The van der Waals surface area contributed by atoms with E-state index in [1.807, 2.05) is 0 Å². The maximum Gasteiger partial charge on any atom is 0.221 e. The number of hydrogen-bond acceptors (Lipinski definition) is 4. The third-order valence-electron chi connectivity index (χ3n) is 2.99. The van der Waals surface area contributed by atoms with E-state index >= 15 is 0 Å². The Kier molecular flexibility index (Phi) is 5.17. The fourth-order valence-electron chi connectivity index (χ4n) is 1.65. The maximum atomic E-state index is 11.7. The van der Waals surface area contributed by atoms with Crippen LogP contribution in [0.15, 0.2) is 29.4 Å². The van der Waals surface area contributed by atoms with Gasteiger partial charge in [0.25, 0.3) is 0 Å². The van der Waals surface area contributed by atoms with Gasteiger partial charge < -0.3 is 5.32 Å². The van der Waals surface area contributed by atoms with E-state index in [-0.39, 0.29) is 5.91 Å². The number of benzene rings is 1. The summed E-state index contributed by atoms with van der Waals surface area (Å²) < 4.78 is 0. The topological polar surface area (TPSA) is 70.7 Å². The fourth-order valence-corrected chi connectivity index (χ4v) is 2.60. The number of aromatic nitrogens is 3. The summed E-state index contributed by atoms with van der Waals surface area (Å²) in [5.41, 5.74) is 2.57. The van der Waals surface area contributed by atoms with E-state index in [0.29, 0.717) is 18.8 Å². The standard InChI is InChI=1S/C14H18N4OS/c1-10-3-4-12(7-11(10)2)20-6-5-14(19)15-8-13-16-9-17-18-13/h3-4,7,9H,5-6,8H2,1-2H3,(H,15,19)(H,16,17,18). The van der Waals surface area contributed by atoms with Gasteiger partial charge in [-0.05, 0) is 37.1 Å². The number of carbonyl (C=O) groups excluding carboxylic acids is 1. The quantitative estimate of drug-likeness (QED) is 0.800. The Morgan fingerprint density at radius 3 is 2.90 bits per heavy atom. The Bertz CT molecular complexity index is 569. The second kappa shape index (κ2) is 7.09. The van der Waals surface area contributed by atoms with Crippen molar-refractivity contribution in [2.45, 2.75) is 31.7 Å². The monoisotopic (exact) mass is 290 g/mol. The molecule has 0 saturated heterocycles. The van der Waals surface area contributed by atoms with Crippen molar-refractivity contribution in [3.63, 3.8) is 0 Å². The third-order valence-corrected chi connectivity index (χ3v) is 3.99. The lowest BCUT2D eigenvalue weighted by atomic mass is 10.1. The first-order chi connectivity index (χ1) is 9.65. The van der Waals surface area contributed by atoms with Crippen molar-refractivity contribution in [3.8, 4) is 0 Å². The van der Waals surface area contributed by atoms with Gasteiger partial charge in [-0.1, -0.05) is 6.07 Å². The number of nitrogens with one attached hydrogen (secondary N) is 2. The highest BCUT2D eigenvalue weighted by Gasteiger charge is 2.04. The third kappa shape index (κ3) is 4.38. The van der Waals surface area contributed by atoms with Crippen molar-refractivity contribution < 1.29 is 4.79 Å². The van der Waals surface area contributed by atoms with Gasteiger partial charge in [0.1, 0.15) is 12.2 Å². The average molecular weight is 290 g/mol. The molecule has 6 heteroatoms. The normalized spacial score (nSPS) is 10.5. The van der Waals surface area contributed by atoms with Crippen LogP contribution in [0.5, 0.6) is 0 Å². The van der Waals surface area contributed by atoms with Gasteiger partial charge in [-0.15, -0.1) is 11.8 Å². The minimum Gasteiger partial charge on any atom is -0.349 e. The number of thioether (sulfide) groups is 1. The van der Waals surface area contributed by atoms with Crippen molar-refractivity contribution in [1.82, 2.24) is 20.5 Å². The summed E-state index contributed by atoms with van der Waals surface area (Å²) >= 11 is 1.70. The molecule has 0 unspecified atom stereocenters. The summed E-state index contributed by atoms with van der Waals surface area (Å²) in [6.07, 6.45) is 1.92. The highest BCUT2D eigenvalue weighted by atomic mass is 32.2. The molecule has 2 rings (SSSR count). The van der Waals surface area contributed by atoms with E-state index in [1.165, 1.54) is 22.3 Å². The van der Waals surface area contributed by atoms with Crippen LogP contribution in [0.2, 0.25) is 0 Å². The van der Waals surface area contributed by atoms with Gasteiger partial charge in [-0.2, -0.15) is 5.10 Å². The number of amides is 1. The molecule has 0 aliphatic rings. The first kappa shape index (κ1) is 14.6. The zero-order valence-electron chi connectivity index (χ0n) is 11.6. The van der Waals surface area contributed by atoms with Crippen molar-refractivity contribution >= 4 is 17.7 Å². The molecule has 0 bridgehead atoms. The predicted molar refractivity (Wildman–Crippen MR) is 79.5 cm³/mol. The van der Waals surface area contributed by atoms with Crippen LogP contribution < -0.4 is 5.32 Å². The van der Waals surface area contributed by atoms with Crippen LogP contribution in [-0.2, 0) is 11.3 Å². The van der Waals surface area contributed by atoms with E-state index in [0.717, 1.165) is 5.75 Å². The minimum absolute atomic E-state index is 0.0257. The number of aryl methyl sites for hydroxylation is 2. The van der Waals surface area contributed by atoms with Crippen molar-refractivity contribution in [1.29, 1.82) is 0 Å². The number of H-pyrrole nitrogens is 1. The number of carbonyl (C=O) groups is 1. The van der Waals surface area contributed by atoms with Crippen molar-refractivity contribution in [2.75, 3.05) is 5.75 Å². The molecule has 1 aromatic heterocycles. The predicted octanol–water partition coefficient (Wildman–Crippen LogP) is 2.22. The second-order valence-corrected chi connectivity index (χ2v) is 5.72. The van der Waals surface area contributed by atoms with Gasteiger partial charge in [-0.25, -0.2) is 4.98 Å². The first-order valence-electron chi connectivity index (χ1n) is 6.46. The number of nitrogens with zero attached hydrogens (tertiary/aromatic N) is 2. The Morgan fingerprint density at radius 1 is 1.35 bits per heavy atom. The largest absolute Gasteiger partial charge is 0.349 e. The molecule has 5 nitrogen and oxygen atoms in total. The molecule has 1 heterocycles. The summed E-state index contributed by atoms with van der Waals surface area (Å²) in [6, 6.07) is 6.37. The highest BCUT2D eigenvalue weighted by Crippen LogP contribution is 2.21. The van der Waals surface area contributed by atoms with Crippen LogP contribution in [0.1, 0.15) is 23.4 Å². The molecule has 2 aromatic rings. The van der Waals surface area contributed by atoms with Crippen molar-refractivity contribution in [2.24, 2.45) is 0 Å². The van der Waals surface area contributed by atoms with Crippen LogP contribution in [0.25, 0.3) is 0 Å². The molecule has 0 radical (unpaired) electrons. The average Bonchev–Trinajstić information content (AvgIpc) is 2.94. The molecular weight excluding hydrogens is 272 g/mol. The van der Waals surface area contributed by atoms with Crippen LogP contribution in [0.4, 0.5) is 0 Å². The molecule has 0 fully saturated rings. The lowest BCUT2D eigenvalue weighted by molar-refractivity contribution is -0.120. The van der Waals surface area contributed by atoms with Gasteiger partial charge in [0.15, 0.2) is 0 Å². The summed E-state index contributed by atoms with van der Waals surface area (Å²) in [5, 5.41) is 9.24. The second-order valence-electron chi connectivity index (χ2n) is 4.55. The van der Waals surface area contributed by atoms with Crippen molar-refractivity contribution in [3.05, 3.63) is 41.5 Å². The zero-order chi connectivity index (χ0) is 14.4. The van der Waals surface area contributed by atoms with E-state index in [2.05, 4.69) is 52.5 Å².